The fourth-order valence-corrected chi connectivity index (χ4v) is 3.60. The molecule has 0 unspecified atom stereocenters. The highest BCUT2D eigenvalue weighted by Gasteiger charge is 2.20. The highest BCUT2D eigenvalue weighted by Crippen LogP contribution is 2.28. The molecular weight excluding hydrogens is 364 g/mol. The van der Waals surface area contributed by atoms with Crippen LogP contribution >= 0.6 is 0 Å². The lowest BCUT2D eigenvalue weighted by Gasteiger charge is -2.29. The van der Waals surface area contributed by atoms with Gasteiger partial charge in [0.1, 0.15) is 6.07 Å². The van der Waals surface area contributed by atoms with Crippen molar-refractivity contribution in [3.63, 3.8) is 0 Å². The minimum absolute atomic E-state index is 0.227. The van der Waals surface area contributed by atoms with Crippen LogP contribution in [0.2, 0.25) is 0 Å². The Morgan fingerprint density at radius 2 is 1.93 bits per heavy atom. The Kier molecular flexibility index (Phi) is 5.32. The van der Waals surface area contributed by atoms with Crippen LogP contribution in [0.1, 0.15) is 38.3 Å². The maximum atomic E-state index is 9.42. The van der Waals surface area contributed by atoms with Gasteiger partial charge in [-0.25, -0.2) is 4.98 Å². The summed E-state index contributed by atoms with van der Waals surface area (Å²) < 4.78 is 2.04. The van der Waals surface area contributed by atoms with Crippen LogP contribution in [-0.2, 0) is 0 Å². The molecule has 2 N–H and O–H groups in total. The van der Waals surface area contributed by atoms with E-state index in [1.54, 1.807) is 12.4 Å². The van der Waals surface area contributed by atoms with Crippen molar-refractivity contribution in [1.29, 1.82) is 5.26 Å². The standard InChI is InChI=1S/C21H26N8/c1-14(2)29-13-23-18-19(25-17-7-5-4-6-15(17)12-22)26-21(27-20(18)29)24-16-8-10-28(3)11-9-16/h4-7,13-14,16H,8-11H2,1-3H3,(H2,24,25,26,27). The molecule has 150 valence electrons. The number of fused-ring (bicyclic) bond motifs is 1. The number of anilines is 3. The van der Waals surface area contributed by atoms with Crippen molar-refractivity contribution in [1.82, 2.24) is 24.4 Å². The van der Waals surface area contributed by atoms with Gasteiger partial charge in [-0.15, -0.1) is 0 Å². The molecular formula is C21H26N8. The van der Waals surface area contributed by atoms with Crippen molar-refractivity contribution in [2.75, 3.05) is 30.8 Å². The normalized spacial score (nSPS) is 15.6. The third-order valence-corrected chi connectivity index (χ3v) is 5.33. The first kappa shape index (κ1) is 19.2. The average molecular weight is 390 g/mol. The second-order valence-electron chi connectivity index (χ2n) is 7.82. The molecule has 8 heteroatoms. The van der Waals surface area contributed by atoms with Gasteiger partial charge in [0.2, 0.25) is 5.95 Å². The fourth-order valence-electron chi connectivity index (χ4n) is 3.60. The van der Waals surface area contributed by atoms with Crippen LogP contribution in [0.5, 0.6) is 0 Å². The van der Waals surface area contributed by atoms with Crippen molar-refractivity contribution >= 4 is 28.6 Å². The largest absolute Gasteiger partial charge is 0.351 e. The molecule has 0 bridgehead atoms. The Bertz CT molecular complexity index is 1040. The van der Waals surface area contributed by atoms with Crippen LogP contribution in [0.4, 0.5) is 17.5 Å². The Morgan fingerprint density at radius 3 is 2.66 bits per heavy atom. The zero-order valence-corrected chi connectivity index (χ0v) is 17.1. The first-order chi connectivity index (χ1) is 14.0. The number of aromatic nitrogens is 4. The van der Waals surface area contributed by atoms with Crippen LogP contribution in [0, 0.1) is 11.3 Å². The van der Waals surface area contributed by atoms with E-state index in [2.05, 4.69) is 47.5 Å². The lowest BCUT2D eigenvalue weighted by Crippen LogP contribution is -2.37. The molecule has 29 heavy (non-hydrogen) atoms. The van der Waals surface area contributed by atoms with Gasteiger partial charge in [0.05, 0.1) is 17.6 Å². The molecule has 0 atom stereocenters. The lowest BCUT2D eigenvalue weighted by molar-refractivity contribution is 0.263. The zero-order valence-electron chi connectivity index (χ0n) is 17.1. The average Bonchev–Trinajstić information content (AvgIpc) is 3.15. The molecule has 1 aromatic carbocycles. The Morgan fingerprint density at radius 1 is 1.17 bits per heavy atom. The van der Waals surface area contributed by atoms with Gasteiger partial charge in [0.25, 0.3) is 0 Å². The lowest BCUT2D eigenvalue weighted by atomic mass is 10.1. The summed E-state index contributed by atoms with van der Waals surface area (Å²) >= 11 is 0. The first-order valence-corrected chi connectivity index (χ1v) is 10.0. The third-order valence-electron chi connectivity index (χ3n) is 5.33. The van der Waals surface area contributed by atoms with E-state index in [4.69, 9.17) is 9.97 Å². The predicted octanol–water partition coefficient (Wildman–Crippen LogP) is 3.53. The van der Waals surface area contributed by atoms with Gasteiger partial charge in [0, 0.05) is 12.1 Å². The van der Waals surface area contributed by atoms with Crippen LogP contribution in [0.25, 0.3) is 11.2 Å². The number of hydrogen-bond acceptors (Lipinski definition) is 7. The number of nitrogens with zero attached hydrogens (tertiary/aromatic N) is 6. The van der Waals surface area contributed by atoms with E-state index in [0.29, 0.717) is 34.6 Å². The van der Waals surface area contributed by atoms with Gasteiger partial charge >= 0.3 is 0 Å². The maximum absolute atomic E-state index is 9.42. The van der Waals surface area contributed by atoms with Gasteiger partial charge in [-0.1, -0.05) is 12.1 Å². The number of nitrogens with one attached hydrogen (secondary N) is 2. The van der Waals surface area contributed by atoms with Gasteiger partial charge in [0.15, 0.2) is 17.0 Å². The second kappa shape index (κ2) is 8.05. The highest BCUT2D eigenvalue weighted by molar-refractivity contribution is 5.87. The molecule has 2 aromatic heterocycles. The van der Waals surface area contributed by atoms with Crippen LogP contribution in [-0.4, -0.2) is 50.6 Å². The summed E-state index contributed by atoms with van der Waals surface area (Å²) in [4.78, 5) is 16.4. The molecule has 0 spiro atoms. The number of hydrogen-bond donors (Lipinski definition) is 2. The van der Waals surface area contributed by atoms with Crippen molar-refractivity contribution in [2.45, 2.75) is 38.8 Å². The van der Waals surface area contributed by atoms with E-state index in [1.165, 1.54) is 0 Å². The molecule has 1 fully saturated rings. The number of imidazole rings is 1. The van der Waals surface area contributed by atoms with E-state index in [0.717, 1.165) is 31.6 Å². The minimum atomic E-state index is 0.227. The monoisotopic (exact) mass is 390 g/mol. The molecule has 1 aliphatic heterocycles. The molecule has 1 saturated heterocycles. The third kappa shape index (κ3) is 4.00. The van der Waals surface area contributed by atoms with Crippen LogP contribution in [0.3, 0.4) is 0 Å². The number of likely N-dealkylation sites (tertiary alicyclic amines) is 1. The molecule has 3 aromatic rings. The van der Waals surface area contributed by atoms with Gasteiger partial charge in [-0.05, 0) is 59.0 Å². The number of nitriles is 1. The summed E-state index contributed by atoms with van der Waals surface area (Å²) in [5, 5.41) is 16.2. The molecule has 0 saturated carbocycles. The number of piperidine rings is 1. The Labute approximate surface area is 170 Å². The Hall–Kier alpha value is -3.18. The van der Waals surface area contributed by atoms with Gasteiger partial charge in [-0.2, -0.15) is 15.2 Å². The molecule has 3 heterocycles. The van der Waals surface area contributed by atoms with E-state index in [-0.39, 0.29) is 6.04 Å². The summed E-state index contributed by atoms with van der Waals surface area (Å²) in [5.41, 5.74) is 2.74. The topological polar surface area (TPSA) is 94.7 Å². The summed E-state index contributed by atoms with van der Waals surface area (Å²) in [6, 6.07) is 10.2. The quantitative estimate of drug-likeness (QED) is 0.688. The van der Waals surface area contributed by atoms with Gasteiger partial charge in [-0.3, -0.25) is 0 Å². The summed E-state index contributed by atoms with van der Waals surface area (Å²) in [7, 11) is 2.15. The molecule has 8 nitrogen and oxygen atoms in total. The van der Waals surface area contributed by atoms with E-state index in [1.807, 2.05) is 22.8 Å². The SMILES string of the molecule is CC(C)n1cnc2c(Nc3ccccc3C#N)nc(NC3CCN(C)CC3)nc21. The zero-order chi connectivity index (χ0) is 20.4. The number of benzene rings is 1. The molecule has 0 radical (unpaired) electrons. The van der Waals surface area contributed by atoms with E-state index < -0.39 is 0 Å². The fraction of sp³-hybridized carbons (Fsp3) is 0.429. The number of rotatable bonds is 5. The summed E-state index contributed by atoms with van der Waals surface area (Å²) in [6.07, 6.45) is 3.91. The molecule has 4 rings (SSSR count). The number of para-hydroxylation sites is 1. The molecule has 0 amide bonds. The van der Waals surface area contributed by atoms with Crippen molar-refractivity contribution in [3.8, 4) is 6.07 Å². The highest BCUT2D eigenvalue weighted by atomic mass is 15.2. The smallest absolute Gasteiger partial charge is 0.227 e. The van der Waals surface area contributed by atoms with E-state index >= 15 is 0 Å². The molecule has 1 aliphatic rings. The van der Waals surface area contributed by atoms with E-state index in [9.17, 15) is 5.26 Å². The first-order valence-electron chi connectivity index (χ1n) is 10.0. The summed E-state index contributed by atoms with van der Waals surface area (Å²) in [6.45, 7) is 6.33. The maximum Gasteiger partial charge on any atom is 0.227 e. The van der Waals surface area contributed by atoms with Crippen molar-refractivity contribution in [2.24, 2.45) is 0 Å². The van der Waals surface area contributed by atoms with Crippen molar-refractivity contribution in [3.05, 3.63) is 36.2 Å². The Balaban J connectivity index is 1.73. The minimum Gasteiger partial charge on any atom is -0.351 e. The van der Waals surface area contributed by atoms with Gasteiger partial charge < -0.3 is 20.1 Å². The molecule has 0 aliphatic carbocycles. The van der Waals surface area contributed by atoms with Crippen LogP contribution < -0.4 is 10.6 Å². The van der Waals surface area contributed by atoms with Crippen LogP contribution in [0.15, 0.2) is 30.6 Å². The predicted molar refractivity (Wildman–Crippen MR) is 114 cm³/mol. The van der Waals surface area contributed by atoms with Crippen molar-refractivity contribution < 1.29 is 0 Å². The summed E-state index contributed by atoms with van der Waals surface area (Å²) in [5.74, 6) is 1.19. The second-order valence-corrected chi connectivity index (χ2v) is 7.82.